The Kier molecular flexibility index (Phi) is 46.8. The van der Waals surface area contributed by atoms with E-state index in [9.17, 15) is 43.2 Å². The van der Waals surface area contributed by atoms with Crippen molar-refractivity contribution >= 4 is 39.5 Å². The van der Waals surface area contributed by atoms with Crippen LogP contribution >= 0.6 is 15.6 Å². The van der Waals surface area contributed by atoms with E-state index < -0.39 is 97.5 Å². The molecule has 0 saturated heterocycles. The van der Waals surface area contributed by atoms with Gasteiger partial charge in [0.15, 0.2) is 12.2 Å². The first-order valence-corrected chi connectivity index (χ1v) is 32.4. The van der Waals surface area contributed by atoms with Gasteiger partial charge in [-0.05, 0) is 43.4 Å². The molecule has 0 aromatic carbocycles. The van der Waals surface area contributed by atoms with Gasteiger partial charge in [-0.2, -0.15) is 0 Å². The third-order valence-electron chi connectivity index (χ3n) is 13.0. The number of ether oxygens (including phenoxy) is 4. The molecular weight excluding hydrogens is 1010 g/mol. The molecule has 0 radical (unpaired) electrons. The van der Waals surface area contributed by atoms with Gasteiger partial charge in [-0.3, -0.25) is 37.3 Å². The third-order valence-corrected chi connectivity index (χ3v) is 14.9. The van der Waals surface area contributed by atoms with Crippen LogP contribution in [0.4, 0.5) is 0 Å². The molecule has 0 fully saturated rings. The van der Waals surface area contributed by atoms with Crippen molar-refractivity contribution in [3.63, 3.8) is 0 Å². The van der Waals surface area contributed by atoms with Crippen LogP contribution in [0.2, 0.25) is 0 Å². The molecular formula is C56H108O17P2. The summed E-state index contributed by atoms with van der Waals surface area (Å²) in [5, 5.41) is 10.5. The minimum atomic E-state index is -4.93. The van der Waals surface area contributed by atoms with Gasteiger partial charge in [0, 0.05) is 25.7 Å². The van der Waals surface area contributed by atoms with Crippen molar-refractivity contribution in [2.75, 3.05) is 39.6 Å². The molecule has 0 heterocycles. The number of rotatable bonds is 54. The molecule has 444 valence electrons. The number of phosphoric acid groups is 2. The maximum absolute atomic E-state index is 12.9. The van der Waals surface area contributed by atoms with Crippen molar-refractivity contribution in [1.29, 1.82) is 0 Å². The number of phosphoric ester groups is 2. The molecule has 3 unspecified atom stereocenters. The fraction of sp³-hybridized carbons (Fsp3) is 0.929. The highest BCUT2D eigenvalue weighted by Crippen LogP contribution is 2.45. The third kappa shape index (κ3) is 50.1. The Bertz CT molecular complexity index is 1510. The van der Waals surface area contributed by atoms with E-state index in [2.05, 4.69) is 48.5 Å². The van der Waals surface area contributed by atoms with Crippen molar-refractivity contribution < 1.29 is 80.2 Å². The minimum absolute atomic E-state index is 0.101. The molecule has 0 aromatic heterocycles. The van der Waals surface area contributed by atoms with Gasteiger partial charge in [-0.15, -0.1) is 0 Å². The Hall–Kier alpha value is -1.94. The smallest absolute Gasteiger partial charge is 0.462 e. The fourth-order valence-electron chi connectivity index (χ4n) is 8.03. The summed E-state index contributed by atoms with van der Waals surface area (Å²) in [6.07, 6.45) is 25.7. The van der Waals surface area contributed by atoms with Gasteiger partial charge in [0.25, 0.3) is 0 Å². The SMILES string of the molecule is CCCCCCCCCC(=O)OC[C@H](COP(=O)(O)OC[C@H](O)COP(=O)(O)OC[C@@H](COC(=O)CCCCCCCCC(C)C)OC(=O)CCCCCCCCC(C)CC)OC(=O)CCCCCCCCC(C)C. The molecule has 0 spiro atoms. The number of aliphatic hydroxyl groups excluding tert-OH is 1. The summed E-state index contributed by atoms with van der Waals surface area (Å²) in [7, 11) is -9.87. The first-order valence-electron chi connectivity index (χ1n) is 29.4. The van der Waals surface area contributed by atoms with Gasteiger partial charge in [-0.25, -0.2) is 9.13 Å². The number of hydrogen-bond acceptors (Lipinski definition) is 15. The largest absolute Gasteiger partial charge is 0.472 e. The normalized spacial score (nSPS) is 15.0. The Morgan fingerprint density at radius 3 is 1.01 bits per heavy atom. The molecule has 0 bridgehead atoms. The lowest BCUT2D eigenvalue weighted by Gasteiger charge is -2.21. The highest BCUT2D eigenvalue weighted by Gasteiger charge is 2.30. The second-order valence-electron chi connectivity index (χ2n) is 21.5. The monoisotopic (exact) mass is 1110 g/mol. The zero-order chi connectivity index (χ0) is 56.0. The van der Waals surface area contributed by atoms with Gasteiger partial charge in [0.05, 0.1) is 26.4 Å². The van der Waals surface area contributed by atoms with Crippen LogP contribution in [-0.2, 0) is 65.4 Å². The minimum Gasteiger partial charge on any atom is -0.462 e. The molecule has 0 aliphatic carbocycles. The molecule has 0 saturated carbocycles. The summed E-state index contributed by atoms with van der Waals surface area (Å²) >= 11 is 0. The number of esters is 4. The average Bonchev–Trinajstić information content (AvgIpc) is 3.36. The van der Waals surface area contributed by atoms with E-state index >= 15 is 0 Å². The highest BCUT2D eigenvalue weighted by atomic mass is 31.2. The van der Waals surface area contributed by atoms with E-state index in [1.54, 1.807) is 0 Å². The van der Waals surface area contributed by atoms with Gasteiger partial charge >= 0.3 is 39.5 Å². The van der Waals surface area contributed by atoms with Crippen LogP contribution in [0.3, 0.4) is 0 Å². The van der Waals surface area contributed by atoms with Crippen LogP contribution in [0.25, 0.3) is 0 Å². The number of hydrogen-bond donors (Lipinski definition) is 3. The van der Waals surface area contributed by atoms with Crippen LogP contribution in [0.15, 0.2) is 0 Å². The van der Waals surface area contributed by atoms with Crippen molar-refractivity contribution in [3.05, 3.63) is 0 Å². The molecule has 0 aliphatic rings. The van der Waals surface area contributed by atoms with Gasteiger partial charge in [0.2, 0.25) is 0 Å². The van der Waals surface area contributed by atoms with Gasteiger partial charge in [-0.1, -0.05) is 209 Å². The molecule has 0 amide bonds. The molecule has 6 atom stereocenters. The Labute approximate surface area is 454 Å². The van der Waals surface area contributed by atoms with Crippen molar-refractivity contribution in [2.45, 2.75) is 279 Å². The van der Waals surface area contributed by atoms with Crippen LogP contribution < -0.4 is 0 Å². The standard InChI is InChI=1S/C56H108O17P2/c1-8-10-11-12-13-23-30-37-53(58)66-43-51(72-55(60)39-32-25-18-15-21-28-35-48(5)6)45-70-74(62,63)68-41-50(57)42-69-75(64,65)71-46-52(44-67-54(59)38-31-24-17-14-20-27-34-47(3)4)73-56(61)40-33-26-19-16-22-29-36-49(7)9-2/h47-52,57H,8-46H2,1-7H3,(H,62,63)(H,64,65)/t49?,50-,51+,52+/m0/s1. The summed E-state index contributed by atoms with van der Waals surface area (Å²) in [4.78, 5) is 71.6. The van der Waals surface area contributed by atoms with E-state index in [0.29, 0.717) is 37.5 Å². The average molecular weight is 1120 g/mol. The highest BCUT2D eigenvalue weighted by molar-refractivity contribution is 7.47. The second-order valence-corrected chi connectivity index (χ2v) is 24.4. The summed E-state index contributed by atoms with van der Waals surface area (Å²) in [6, 6.07) is 0. The second kappa shape index (κ2) is 48.0. The molecule has 75 heavy (non-hydrogen) atoms. The predicted molar refractivity (Wildman–Crippen MR) is 294 cm³/mol. The number of unbranched alkanes of at least 4 members (excludes halogenated alkanes) is 21. The van der Waals surface area contributed by atoms with Crippen LogP contribution in [0, 0.1) is 17.8 Å². The Balaban J connectivity index is 5.23. The van der Waals surface area contributed by atoms with Gasteiger partial charge < -0.3 is 33.8 Å². The Morgan fingerprint density at radius 2 is 0.680 bits per heavy atom. The van der Waals surface area contributed by atoms with E-state index in [0.717, 1.165) is 115 Å². The zero-order valence-electron chi connectivity index (χ0n) is 48.0. The van der Waals surface area contributed by atoms with Crippen LogP contribution in [0.5, 0.6) is 0 Å². The number of carbonyl (C=O) groups excluding carboxylic acids is 4. The number of aliphatic hydroxyl groups is 1. The van der Waals surface area contributed by atoms with E-state index in [1.807, 2.05) is 0 Å². The lowest BCUT2D eigenvalue weighted by Crippen LogP contribution is -2.30. The topological polar surface area (TPSA) is 237 Å². The molecule has 19 heteroatoms. The van der Waals surface area contributed by atoms with E-state index in [1.165, 1.54) is 51.4 Å². The molecule has 0 rings (SSSR count). The van der Waals surface area contributed by atoms with Gasteiger partial charge in [0.1, 0.15) is 19.3 Å². The molecule has 0 aromatic rings. The van der Waals surface area contributed by atoms with E-state index in [-0.39, 0.29) is 25.7 Å². The summed E-state index contributed by atoms with van der Waals surface area (Å²) in [6.45, 7) is 11.5. The van der Waals surface area contributed by atoms with Crippen LogP contribution in [-0.4, -0.2) is 96.7 Å². The summed E-state index contributed by atoms with van der Waals surface area (Å²) in [5.41, 5.74) is 0. The lowest BCUT2D eigenvalue weighted by atomic mass is 10.00. The first kappa shape index (κ1) is 73.1. The fourth-order valence-corrected chi connectivity index (χ4v) is 9.61. The number of carbonyl (C=O) groups is 4. The summed E-state index contributed by atoms with van der Waals surface area (Å²) < 4.78 is 67.5. The maximum Gasteiger partial charge on any atom is 0.472 e. The first-order chi connectivity index (χ1) is 35.8. The molecule has 0 aliphatic heterocycles. The quantitative estimate of drug-likeness (QED) is 0.0222. The summed E-state index contributed by atoms with van der Waals surface area (Å²) in [5.74, 6) is -0.0906. The van der Waals surface area contributed by atoms with E-state index in [4.69, 9.17) is 37.0 Å². The van der Waals surface area contributed by atoms with Crippen LogP contribution in [0.1, 0.15) is 260 Å². The van der Waals surface area contributed by atoms with Crippen molar-refractivity contribution in [2.24, 2.45) is 17.8 Å². The lowest BCUT2D eigenvalue weighted by molar-refractivity contribution is -0.161. The molecule has 3 N–H and O–H groups in total. The zero-order valence-corrected chi connectivity index (χ0v) is 49.8. The van der Waals surface area contributed by atoms with Crippen molar-refractivity contribution in [1.82, 2.24) is 0 Å². The maximum atomic E-state index is 12.9. The Morgan fingerprint density at radius 1 is 0.387 bits per heavy atom. The molecule has 17 nitrogen and oxygen atoms in total. The van der Waals surface area contributed by atoms with Crippen molar-refractivity contribution in [3.8, 4) is 0 Å². The predicted octanol–water partition coefficient (Wildman–Crippen LogP) is 14.4.